The smallest absolute Gasteiger partial charge is 0.349 e. The van der Waals surface area contributed by atoms with Crippen LogP contribution in [0.2, 0.25) is 5.15 Å². The summed E-state index contributed by atoms with van der Waals surface area (Å²) < 4.78 is 5.06. The summed E-state index contributed by atoms with van der Waals surface area (Å²) in [7, 11) is 0. The van der Waals surface area contributed by atoms with Gasteiger partial charge in [0.05, 0.1) is 16.7 Å². The quantitative estimate of drug-likeness (QED) is 0.176. The molecule has 4 aromatic rings. The molecule has 30 heavy (non-hydrogen) atoms. The first-order valence-corrected chi connectivity index (χ1v) is 8.91. The number of nitro groups is 1. The summed E-state index contributed by atoms with van der Waals surface area (Å²) in [6, 6.07) is 14.0. The Labute approximate surface area is 172 Å². The van der Waals surface area contributed by atoms with E-state index in [0.29, 0.717) is 11.1 Å². The van der Waals surface area contributed by atoms with Gasteiger partial charge in [0.25, 0.3) is 11.6 Å². The Kier molecular flexibility index (Phi) is 4.95. The molecule has 10 heteroatoms. The standard InChI is InChI=1S/C20H11ClN4O5/c21-18-13(7-11-3-1-2-4-16(11)23-18)10-22-24-19(26)15-9-12-8-14(25(28)29)5-6-17(12)30-20(15)27/h1-10H,(H,24,26)/b22-10+. The highest BCUT2D eigenvalue weighted by Gasteiger charge is 2.15. The van der Waals surface area contributed by atoms with Crippen molar-refractivity contribution in [3.63, 3.8) is 0 Å². The van der Waals surface area contributed by atoms with Crippen LogP contribution in [0.5, 0.6) is 0 Å². The van der Waals surface area contributed by atoms with Crippen molar-refractivity contribution in [1.82, 2.24) is 10.4 Å². The van der Waals surface area contributed by atoms with Gasteiger partial charge in [-0.1, -0.05) is 29.8 Å². The number of carbonyl (C=O) groups is 1. The van der Waals surface area contributed by atoms with Crippen molar-refractivity contribution in [3.05, 3.63) is 91.4 Å². The van der Waals surface area contributed by atoms with Gasteiger partial charge < -0.3 is 4.42 Å². The molecule has 0 aliphatic rings. The first-order chi connectivity index (χ1) is 14.4. The molecule has 2 aromatic carbocycles. The van der Waals surface area contributed by atoms with Gasteiger partial charge in [0.15, 0.2) is 0 Å². The van der Waals surface area contributed by atoms with Crippen molar-refractivity contribution in [1.29, 1.82) is 0 Å². The molecule has 2 heterocycles. The molecule has 0 spiro atoms. The number of hydrazone groups is 1. The summed E-state index contributed by atoms with van der Waals surface area (Å²) in [6.45, 7) is 0. The normalized spacial score (nSPS) is 11.2. The average molecular weight is 423 g/mol. The van der Waals surface area contributed by atoms with E-state index in [1.807, 2.05) is 24.3 Å². The molecule has 0 saturated heterocycles. The van der Waals surface area contributed by atoms with Crippen molar-refractivity contribution in [3.8, 4) is 0 Å². The van der Waals surface area contributed by atoms with Crippen LogP contribution < -0.4 is 11.1 Å². The van der Waals surface area contributed by atoms with Gasteiger partial charge in [-0.3, -0.25) is 14.9 Å². The van der Waals surface area contributed by atoms with E-state index in [0.717, 1.165) is 5.39 Å². The number of amides is 1. The van der Waals surface area contributed by atoms with Crippen molar-refractivity contribution < 1.29 is 14.1 Å². The minimum atomic E-state index is -0.894. The molecule has 1 N–H and O–H groups in total. The molecule has 0 atom stereocenters. The van der Waals surface area contributed by atoms with Crippen molar-refractivity contribution in [2.45, 2.75) is 0 Å². The molecule has 2 aromatic heterocycles. The number of pyridine rings is 1. The highest BCUT2D eigenvalue weighted by atomic mass is 35.5. The fourth-order valence-corrected chi connectivity index (χ4v) is 3.00. The number of hydrogen-bond donors (Lipinski definition) is 1. The second kappa shape index (κ2) is 7.72. The number of fused-ring (bicyclic) bond motifs is 2. The van der Waals surface area contributed by atoms with Crippen LogP contribution in [0.1, 0.15) is 15.9 Å². The third kappa shape index (κ3) is 3.74. The van der Waals surface area contributed by atoms with Crippen molar-refractivity contribution >= 4 is 51.3 Å². The zero-order valence-corrected chi connectivity index (χ0v) is 15.8. The van der Waals surface area contributed by atoms with E-state index in [1.54, 1.807) is 6.07 Å². The molecular formula is C20H11ClN4O5. The summed E-state index contributed by atoms with van der Waals surface area (Å²) in [4.78, 5) is 39.0. The molecule has 148 valence electrons. The van der Waals surface area contributed by atoms with E-state index in [-0.39, 0.29) is 27.4 Å². The molecular weight excluding hydrogens is 412 g/mol. The first kappa shape index (κ1) is 19.2. The number of halogens is 1. The number of para-hydroxylation sites is 1. The fourth-order valence-electron chi connectivity index (χ4n) is 2.80. The van der Waals surface area contributed by atoms with Crippen LogP contribution in [0, 0.1) is 10.1 Å². The maximum atomic E-state index is 12.3. The van der Waals surface area contributed by atoms with Crippen molar-refractivity contribution in [2.75, 3.05) is 0 Å². The van der Waals surface area contributed by atoms with E-state index in [9.17, 15) is 19.7 Å². The van der Waals surface area contributed by atoms with E-state index >= 15 is 0 Å². The fraction of sp³-hybridized carbons (Fsp3) is 0. The maximum Gasteiger partial charge on any atom is 0.349 e. The molecule has 0 fully saturated rings. The summed E-state index contributed by atoms with van der Waals surface area (Å²) in [6.07, 6.45) is 1.30. The number of nitrogens with one attached hydrogen (secondary N) is 1. The van der Waals surface area contributed by atoms with Crippen LogP contribution in [0.25, 0.3) is 21.9 Å². The third-order valence-corrected chi connectivity index (χ3v) is 4.55. The van der Waals surface area contributed by atoms with Crippen LogP contribution in [0.3, 0.4) is 0 Å². The number of non-ortho nitro benzene ring substituents is 1. The van der Waals surface area contributed by atoms with Crippen LogP contribution in [0.15, 0.2) is 68.9 Å². The third-order valence-electron chi connectivity index (χ3n) is 4.25. The Morgan fingerprint density at radius 2 is 1.97 bits per heavy atom. The minimum absolute atomic E-state index is 0.125. The highest BCUT2D eigenvalue weighted by molar-refractivity contribution is 6.32. The second-order valence-corrected chi connectivity index (χ2v) is 6.55. The molecule has 0 aliphatic carbocycles. The first-order valence-electron chi connectivity index (χ1n) is 8.53. The van der Waals surface area contributed by atoms with Gasteiger partial charge in [0, 0.05) is 28.5 Å². The number of benzene rings is 2. The van der Waals surface area contributed by atoms with E-state index in [1.165, 1.54) is 30.5 Å². The highest BCUT2D eigenvalue weighted by Crippen LogP contribution is 2.21. The lowest BCUT2D eigenvalue weighted by molar-refractivity contribution is -0.384. The van der Waals surface area contributed by atoms with E-state index in [2.05, 4.69) is 15.5 Å². The Bertz CT molecular complexity index is 1410. The molecule has 9 nitrogen and oxygen atoms in total. The number of carbonyl (C=O) groups excluding carboxylic acids is 1. The summed E-state index contributed by atoms with van der Waals surface area (Å²) in [5.74, 6) is -0.835. The zero-order valence-electron chi connectivity index (χ0n) is 15.0. The summed E-state index contributed by atoms with van der Waals surface area (Å²) in [5.41, 5.74) is 2.09. The largest absolute Gasteiger partial charge is 0.422 e. The van der Waals surface area contributed by atoms with Crippen LogP contribution in [-0.2, 0) is 0 Å². The van der Waals surface area contributed by atoms with E-state index in [4.69, 9.17) is 16.0 Å². The Morgan fingerprint density at radius 1 is 1.17 bits per heavy atom. The predicted octanol–water partition coefficient (Wildman–Crippen LogP) is 3.67. The molecule has 4 rings (SSSR count). The molecule has 0 aliphatic heterocycles. The van der Waals surface area contributed by atoms with Gasteiger partial charge in [0.1, 0.15) is 16.3 Å². The lowest BCUT2D eigenvalue weighted by atomic mass is 10.1. The van der Waals surface area contributed by atoms with E-state index < -0.39 is 16.5 Å². The number of hydrogen-bond acceptors (Lipinski definition) is 7. The SMILES string of the molecule is O=C(N/N=C/c1cc2ccccc2nc1Cl)c1cc2cc([N+](=O)[O-])ccc2oc1=O. The number of nitrogens with zero attached hydrogens (tertiary/aromatic N) is 3. The lowest BCUT2D eigenvalue weighted by Crippen LogP contribution is -2.24. The molecule has 0 saturated carbocycles. The maximum absolute atomic E-state index is 12.3. The Hall–Kier alpha value is -4.11. The number of nitro benzene ring substituents is 1. The molecule has 0 bridgehead atoms. The predicted molar refractivity (Wildman–Crippen MR) is 111 cm³/mol. The van der Waals surface area contributed by atoms with Crippen LogP contribution in [-0.4, -0.2) is 22.0 Å². The van der Waals surface area contributed by atoms with Gasteiger partial charge in [0.2, 0.25) is 0 Å². The van der Waals surface area contributed by atoms with Crippen LogP contribution in [0.4, 0.5) is 5.69 Å². The monoisotopic (exact) mass is 422 g/mol. The number of aromatic nitrogens is 1. The summed E-state index contributed by atoms with van der Waals surface area (Å²) in [5, 5.41) is 16.0. The summed E-state index contributed by atoms with van der Waals surface area (Å²) >= 11 is 6.13. The Morgan fingerprint density at radius 3 is 2.77 bits per heavy atom. The minimum Gasteiger partial charge on any atom is -0.422 e. The molecule has 0 radical (unpaired) electrons. The van der Waals surface area contributed by atoms with Crippen molar-refractivity contribution in [2.24, 2.45) is 5.10 Å². The Balaban J connectivity index is 1.60. The van der Waals surface area contributed by atoms with Gasteiger partial charge in [-0.25, -0.2) is 15.2 Å². The van der Waals surface area contributed by atoms with Crippen LogP contribution >= 0.6 is 11.6 Å². The topological polar surface area (TPSA) is 128 Å². The zero-order chi connectivity index (χ0) is 21.3. The molecule has 0 unspecified atom stereocenters. The van der Waals surface area contributed by atoms with Gasteiger partial charge >= 0.3 is 5.63 Å². The average Bonchev–Trinajstić information content (AvgIpc) is 2.73. The van der Waals surface area contributed by atoms with Gasteiger partial charge in [-0.15, -0.1) is 0 Å². The van der Waals surface area contributed by atoms with Gasteiger partial charge in [-0.2, -0.15) is 5.10 Å². The molecule has 1 amide bonds. The lowest BCUT2D eigenvalue weighted by Gasteiger charge is -2.03. The number of rotatable bonds is 4. The second-order valence-electron chi connectivity index (χ2n) is 6.19. The van der Waals surface area contributed by atoms with Gasteiger partial charge in [-0.05, 0) is 24.3 Å².